The Morgan fingerprint density at radius 2 is 2.29 bits per heavy atom. The Morgan fingerprint density at radius 1 is 1.53 bits per heavy atom. The quantitative estimate of drug-likeness (QED) is 0.617. The van der Waals surface area contributed by atoms with Gasteiger partial charge in [0.1, 0.15) is 11.5 Å². The van der Waals surface area contributed by atoms with Gasteiger partial charge in [0.15, 0.2) is 0 Å². The molecule has 2 aliphatic rings. The molecule has 3 atom stereocenters. The van der Waals surface area contributed by atoms with Crippen LogP contribution in [0.4, 0.5) is 0 Å². The Morgan fingerprint density at radius 3 is 2.94 bits per heavy atom. The number of esters is 1. The van der Waals surface area contributed by atoms with Crippen LogP contribution < -0.4 is 0 Å². The van der Waals surface area contributed by atoms with Gasteiger partial charge in [-0.25, -0.2) is 0 Å². The van der Waals surface area contributed by atoms with Gasteiger partial charge in [0.2, 0.25) is 0 Å². The Balaban J connectivity index is 1.85. The molecule has 17 heavy (non-hydrogen) atoms. The Labute approximate surface area is 98.8 Å². The number of carbonyl (C=O) groups is 1. The lowest BCUT2D eigenvalue weighted by Gasteiger charge is -2.12. The van der Waals surface area contributed by atoms with Crippen molar-refractivity contribution in [2.75, 3.05) is 6.61 Å². The van der Waals surface area contributed by atoms with Crippen LogP contribution >= 0.6 is 0 Å². The van der Waals surface area contributed by atoms with E-state index in [1.54, 1.807) is 6.92 Å². The van der Waals surface area contributed by atoms with Crippen molar-refractivity contribution in [1.29, 1.82) is 0 Å². The highest BCUT2D eigenvalue weighted by Crippen LogP contribution is 2.85. The van der Waals surface area contributed by atoms with Crippen LogP contribution in [0.1, 0.15) is 24.8 Å². The molecule has 90 valence electrons. The van der Waals surface area contributed by atoms with Gasteiger partial charge in [-0.2, -0.15) is 0 Å². The minimum absolute atomic E-state index is 0.0219. The van der Waals surface area contributed by atoms with E-state index in [4.69, 9.17) is 4.74 Å². The summed E-state index contributed by atoms with van der Waals surface area (Å²) in [5, 5.41) is 19.2. The summed E-state index contributed by atoms with van der Waals surface area (Å²) in [6.45, 7) is 2.17. The number of phenolic OH excluding ortho intramolecular Hbond substituents is 2. The third-order valence-corrected chi connectivity index (χ3v) is 3.91. The first kappa shape index (κ1) is 10.4. The third kappa shape index (κ3) is 1.27. The number of rotatable bonds is 3. The minimum atomic E-state index is -0.402. The van der Waals surface area contributed by atoms with Crippen molar-refractivity contribution in [3.05, 3.63) is 23.8 Å². The van der Waals surface area contributed by atoms with Crippen LogP contribution in [0.3, 0.4) is 0 Å². The molecule has 1 aromatic carbocycles. The standard InChI is InChI=1S/C13H14O4/c1-2-17-12(16)13-6-9(13)11(13)8-5-7(14)3-4-10(8)15/h3-5,9,11,14-15H,2,6H2,1H3/t9-,11?,13-/m0/s1. The van der Waals surface area contributed by atoms with E-state index in [0.717, 1.165) is 6.42 Å². The molecule has 0 bridgehead atoms. The Kier molecular flexibility index (Phi) is 1.94. The normalized spacial score (nSPS) is 32.8. The Bertz CT molecular complexity index is 496. The van der Waals surface area contributed by atoms with Crippen LogP contribution in [0.15, 0.2) is 18.2 Å². The van der Waals surface area contributed by atoms with Gasteiger partial charge in [-0.3, -0.25) is 4.79 Å². The van der Waals surface area contributed by atoms with Crippen LogP contribution in [0.25, 0.3) is 0 Å². The molecule has 0 radical (unpaired) electrons. The van der Waals surface area contributed by atoms with Gasteiger partial charge in [0, 0.05) is 11.5 Å². The molecule has 2 fully saturated rings. The predicted molar refractivity (Wildman–Crippen MR) is 59.7 cm³/mol. The van der Waals surface area contributed by atoms with Gasteiger partial charge >= 0.3 is 5.97 Å². The van der Waals surface area contributed by atoms with Crippen molar-refractivity contribution >= 4 is 5.97 Å². The maximum atomic E-state index is 11.8. The Hall–Kier alpha value is -1.71. The molecule has 0 aliphatic heterocycles. The molecule has 2 aliphatic carbocycles. The average Bonchev–Trinajstić information content (AvgIpc) is 3.12. The van der Waals surface area contributed by atoms with Crippen LogP contribution in [-0.4, -0.2) is 22.8 Å². The number of ether oxygens (including phenoxy) is 1. The van der Waals surface area contributed by atoms with Gasteiger partial charge in [-0.1, -0.05) is 0 Å². The van der Waals surface area contributed by atoms with E-state index >= 15 is 0 Å². The number of hydrogen-bond acceptors (Lipinski definition) is 4. The lowest BCUT2D eigenvalue weighted by atomic mass is 9.96. The van der Waals surface area contributed by atoms with Crippen LogP contribution in [0.2, 0.25) is 0 Å². The topological polar surface area (TPSA) is 66.8 Å². The summed E-state index contributed by atoms with van der Waals surface area (Å²) in [5.74, 6) is 0.396. The summed E-state index contributed by atoms with van der Waals surface area (Å²) in [5.41, 5.74) is 0.260. The highest BCUT2D eigenvalue weighted by atomic mass is 16.5. The van der Waals surface area contributed by atoms with E-state index in [1.165, 1.54) is 18.2 Å². The first-order valence-electron chi connectivity index (χ1n) is 5.80. The van der Waals surface area contributed by atoms with Crippen molar-refractivity contribution in [1.82, 2.24) is 0 Å². The number of phenols is 2. The first-order valence-corrected chi connectivity index (χ1v) is 5.80. The van der Waals surface area contributed by atoms with Crippen LogP contribution in [0.5, 0.6) is 11.5 Å². The zero-order valence-electron chi connectivity index (χ0n) is 9.51. The molecule has 1 unspecified atom stereocenters. The average molecular weight is 234 g/mol. The lowest BCUT2D eigenvalue weighted by Crippen LogP contribution is -2.15. The fourth-order valence-corrected chi connectivity index (χ4v) is 2.82. The largest absolute Gasteiger partial charge is 0.508 e. The maximum Gasteiger partial charge on any atom is 0.313 e. The van der Waals surface area contributed by atoms with Crippen molar-refractivity contribution in [2.45, 2.75) is 19.3 Å². The summed E-state index contributed by atoms with van der Waals surface area (Å²) >= 11 is 0. The zero-order valence-corrected chi connectivity index (χ0v) is 9.51. The smallest absolute Gasteiger partial charge is 0.313 e. The highest BCUT2D eigenvalue weighted by molar-refractivity contribution is 5.89. The SMILES string of the molecule is CCOC(=O)[C@@]12C[C@H]1C2c1cc(O)ccc1O. The summed E-state index contributed by atoms with van der Waals surface area (Å²) in [6.07, 6.45) is 0.839. The van der Waals surface area contributed by atoms with Crippen LogP contribution in [0, 0.1) is 11.3 Å². The summed E-state index contributed by atoms with van der Waals surface area (Å²) in [4.78, 5) is 11.8. The number of fused-ring (bicyclic) bond motifs is 1. The molecule has 3 rings (SSSR count). The second-order valence-electron chi connectivity index (χ2n) is 4.79. The van der Waals surface area contributed by atoms with Crippen molar-refractivity contribution < 1.29 is 19.7 Å². The van der Waals surface area contributed by atoms with Crippen molar-refractivity contribution in [2.24, 2.45) is 11.3 Å². The molecule has 2 saturated carbocycles. The van der Waals surface area contributed by atoms with E-state index in [2.05, 4.69) is 0 Å². The molecule has 4 heteroatoms. The molecule has 1 aromatic rings. The molecule has 4 nitrogen and oxygen atoms in total. The van der Waals surface area contributed by atoms with Gasteiger partial charge in [0.25, 0.3) is 0 Å². The van der Waals surface area contributed by atoms with Crippen LogP contribution in [-0.2, 0) is 9.53 Å². The second-order valence-corrected chi connectivity index (χ2v) is 4.79. The molecule has 0 amide bonds. The van der Waals surface area contributed by atoms with Gasteiger partial charge in [-0.05, 0) is 37.5 Å². The second kappa shape index (κ2) is 3.15. The van der Waals surface area contributed by atoms with E-state index < -0.39 is 5.41 Å². The third-order valence-electron chi connectivity index (χ3n) is 3.91. The van der Waals surface area contributed by atoms with E-state index in [1.807, 2.05) is 0 Å². The fraction of sp³-hybridized carbons (Fsp3) is 0.462. The zero-order chi connectivity index (χ0) is 12.2. The number of carbonyl (C=O) groups excluding carboxylic acids is 1. The fourth-order valence-electron chi connectivity index (χ4n) is 2.82. The molecule has 2 N–H and O–H groups in total. The van der Waals surface area contributed by atoms with E-state index in [9.17, 15) is 15.0 Å². The van der Waals surface area contributed by atoms with Gasteiger partial charge in [0.05, 0.1) is 12.0 Å². The number of aromatic hydroxyl groups is 2. The minimum Gasteiger partial charge on any atom is -0.508 e. The number of hydrogen-bond donors (Lipinski definition) is 2. The molecule has 0 spiro atoms. The molecular weight excluding hydrogens is 220 g/mol. The first-order chi connectivity index (χ1) is 8.11. The van der Waals surface area contributed by atoms with Gasteiger partial charge in [-0.15, -0.1) is 0 Å². The summed E-state index contributed by atoms with van der Waals surface area (Å²) in [6, 6.07) is 4.43. The molecule has 0 aromatic heterocycles. The van der Waals surface area contributed by atoms with E-state index in [-0.39, 0.29) is 29.3 Å². The summed E-state index contributed by atoms with van der Waals surface area (Å²) in [7, 11) is 0. The highest BCUT2D eigenvalue weighted by Gasteiger charge is 2.84. The predicted octanol–water partition coefficient (Wildman–Crippen LogP) is 1.76. The lowest BCUT2D eigenvalue weighted by molar-refractivity contribution is -0.147. The summed E-state index contributed by atoms with van der Waals surface area (Å²) < 4.78 is 5.05. The molecular formula is C13H14O4. The molecule has 0 saturated heterocycles. The van der Waals surface area contributed by atoms with Crippen molar-refractivity contribution in [3.63, 3.8) is 0 Å². The maximum absolute atomic E-state index is 11.8. The number of benzene rings is 1. The van der Waals surface area contributed by atoms with Gasteiger partial charge < -0.3 is 14.9 Å². The molecule has 0 heterocycles. The van der Waals surface area contributed by atoms with E-state index in [0.29, 0.717) is 12.2 Å². The van der Waals surface area contributed by atoms with Crippen molar-refractivity contribution in [3.8, 4) is 11.5 Å². The monoisotopic (exact) mass is 234 g/mol.